The highest BCUT2D eigenvalue weighted by Gasteiger charge is 2.33. The molecule has 0 fully saturated rings. The van der Waals surface area contributed by atoms with Crippen LogP contribution in [0.1, 0.15) is 31.7 Å². The molecule has 0 spiro atoms. The lowest BCUT2D eigenvalue weighted by molar-refractivity contribution is -0.130. The molecule has 152 valence electrons. The Kier molecular flexibility index (Phi) is 6.29. The first-order valence-corrected chi connectivity index (χ1v) is 9.55. The van der Waals surface area contributed by atoms with Gasteiger partial charge >= 0.3 is 0 Å². The van der Waals surface area contributed by atoms with E-state index in [1.165, 1.54) is 12.1 Å². The smallest absolute Gasteiger partial charge is 0.261 e. The number of amides is 3. The van der Waals surface area contributed by atoms with Gasteiger partial charge in [-0.1, -0.05) is 42.5 Å². The molecule has 1 aliphatic rings. The van der Waals surface area contributed by atoms with Crippen molar-refractivity contribution in [3.63, 3.8) is 0 Å². The summed E-state index contributed by atoms with van der Waals surface area (Å²) in [5.41, 5.74) is 6.01. The van der Waals surface area contributed by atoms with E-state index in [0.717, 1.165) is 16.7 Å². The van der Waals surface area contributed by atoms with Crippen molar-refractivity contribution in [2.45, 2.75) is 32.2 Å². The first-order chi connectivity index (χ1) is 13.9. The average molecular weight is 395 g/mol. The van der Waals surface area contributed by atoms with Gasteiger partial charge in [0.1, 0.15) is 6.04 Å². The minimum absolute atomic E-state index is 0.159. The minimum Gasteiger partial charge on any atom is -0.384 e. The SMILES string of the molecule is COCCC(=O)N[C@@H](C)C(=O)NN1C(=O)C(C)c2ccccc2-c2ccccc21. The molecule has 0 saturated heterocycles. The van der Waals surface area contributed by atoms with Gasteiger partial charge in [0.2, 0.25) is 5.91 Å². The molecular formula is C22H25N3O4. The van der Waals surface area contributed by atoms with Crippen molar-refractivity contribution >= 4 is 23.4 Å². The number of benzene rings is 2. The predicted octanol–water partition coefficient (Wildman–Crippen LogP) is 2.38. The highest BCUT2D eigenvalue weighted by molar-refractivity contribution is 6.06. The summed E-state index contributed by atoms with van der Waals surface area (Å²) < 4.78 is 4.87. The summed E-state index contributed by atoms with van der Waals surface area (Å²) in [4.78, 5) is 37.8. The second-order valence-corrected chi connectivity index (χ2v) is 7.01. The standard InChI is InChI=1S/C22H25N3O4/c1-14-16-8-4-5-9-17(16)18-10-6-7-11-19(18)25(22(14)28)24-21(27)15(2)23-20(26)12-13-29-3/h4-11,14-15H,12-13H2,1-3H3,(H,23,26)(H,24,27)/t14?,15-/m0/s1. The number of fused-ring (bicyclic) bond motifs is 3. The topological polar surface area (TPSA) is 87.7 Å². The van der Waals surface area contributed by atoms with E-state index >= 15 is 0 Å². The van der Waals surface area contributed by atoms with Crippen molar-refractivity contribution < 1.29 is 19.1 Å². The Morgan fingerprint density at radius 1 is 1.10 bits per heavy atom. The number of ether oxygens (including phenoxy) is 1. The molecule has 2 atom stereocenters. The second kappa shape index (κ2) is 8.87. The van der Waals surface area contributed by atoms with Crippen LogP contribution in [0.15, 0.2) is 48.5 Å². The van der Waals surface area contributed by atoms with E-state index in [-0.39, 0.29) is 24.8 Å². The number of anilines is 1. The van der Waals surface area contributed by atoms with E-state index in [1.54, 1.807) is 13.0 Å². The van der Waals surface area contributed by atoms with Gasteiger partial charge in [-0.05, 0) is 31.0 Å². The monoisotopic (exact) mass is 395 g/mol. The van der Waals surface area contributed by atoms with Crippen molar-refractivity contribution in [2.24, 2.45) is 0 Å². The third-order valence-corrected chi connectivity index (χ3v) is 4.98. The lowest BCUT2D eigenvalue weighted by atomic mass is 9.92. The molecule has 0 bridgehead atoms. The maximum atomic E-state index is 13.2. The number of hydrogen-bond acceptors (Lipinski definition) is 4. The molecule has 1 heterocycles. The van der Waals surface area contributed by atoms with E-state index in [9.17, 15) is 14.4 Å². The number of carbonyl (C=O) groups excluding carboxylic acids is 3. The summed E-state index contributed by atoms with van der Waals surface area (Å²) in [5, 5.41) is 3.91. The fourth-order valence-corrected chi connectivity index (χ4v) is 3.36. The highest BCUT2D eigenvalue weighted by Crippen LogP contribution is 2.39. The summed E-state index contributed by atoms with van der Waals surface area (Å²) in [6.07, 6.45) is 0.159. The van der Waals surface area contributed by atoms with Gasteiger partial charge in [-0.3, -0.25) is 19.8 Å². The largest absolute Gasteiger partial charge is 0.384 e. The van der Waals surface area contributed by atoms with Crippen LogP contribution in [-0.4, -0.2) is 37.5 Å². The van der Waals surface area contributed by atoms with Gasteiger partial charge in [-0.2, -0.15) is 0 Å². The van der Waals surface area contributed by atoms with E-state index in [1.807, 2.05) is 49.4 Å². The molecule has 7 nitrogen and oxygen atoms in total. The quantitative estimate of drug-likeness (QED) is 0.786. The van der Waals surface area contributed by atoms with Crippen molar-refractivity contribution in [1.29, 1.82) is 0 Å². The Balaban J connectivity index is 1.87. The molecule has 3 amide bonds. The molecule has 0 aromatic heterocycles. The number of nitrogens with one attached hydrogen (secondary N) is 2. The van der Waals surface area contributed by atoms with Gasteiger partial charge in [0.15, 0.2) is 0 Å². The van der Waals surface area contributed by atoms with Crippen LogP contribution in [0.4, 0.5) is 5.69 Å². The van der Waals surface area contributed by atoms with Gasteiger partial charge in [0, 0.05) is 19.1 Å². The van der Waals surface area contributed by atoms with Gasteiger partial charge < -0.3 is 10.1 Å². The fourth-order valence-electron chi connectivity index (χ4n) is 3.36. The lowest BCUT2D eigenvalue weighted by Crippen LogP contribution is -2.54. The molecule has 2 aromatic carbocycles. The van der Waals surface area contributed by atoms with Gasteiger partial charge in [-0.15, -0.1) is 0 Å². The first kappa shape index (κ1) is 20.5. The molecule has 1 aliphatic heterocycles. The zero-order valence-corrected chi connectivity index (χ0v) is 16.8. The van der Waals surface area contributed by atoms with Crippen LogP contribution in [0, 0.1) is 0 Å². The summed E-state index contributed by atoms with van der Waals surface area (Å²) in [6, 6.07) is 14.4. The summed E-state index contributed by atoms with van der Waals surface area (Å²) >= 11 is 0. The Bertz CT molecular complexity index is 928. The van der Waals surface area contributed by atoms with Gasteiger partial charge in [-0.25, -0.2) is 5.01 Å². The van der Waals surface area contributed by atoms with Gasteiger partial charge in [0.05, 0.1) is 18.2 Å². The number of para-hydroxylation sites is 1. The van der Waals surface area contributed by atoms with Crippen LogP contribution in [0.3, 0.4) is 0 Å². The van der Waals surface area contributed by atoms with E-state index in [2.05, 4.69) is 10.7 Å². The third-order valence-electron chi connectivity index (χ3n) is 4.98. The molecule has 2 aromatic rings. The Morgan fingerprint density at radius 3 is 2.48 bits per heavy atom. The molecule has 7 heteroatoms. The highest BCUT2D eigenvalue weighted by atomic mass is 16.5. The molecule has 29 heavy (non-hydrogen) atoms. The fraction of sp³-hybridized carbons (Fsp3) is 0.318. The molecule has 3 rings (SSSR count). The molecule has 0 saturated carbocycles. The van der Waals surface area contributed by atoms with Crippen molar-refractivity contribution in [3.05, 3.63) is 54.1 Å². The maximum absolute atomic E-state index is 13.2. The van der Waals surface area contributed by atoms with Crippen LogP contribution in [-0.2, 0) is 19.1 Å². The molecule has 0 radical (unpaired) electrons. The number of hydrazine groups is 1. The Labute approximate surface area is 170 Å². The normalized spacial score (nSPS) is 16.3. The van der Waals surface area contributed by atoms with E-state index in [4.69, 9.17) is 4.74 Å². The second-order valence-electron chi connectivity index (χ2n) is 7.01. The Morgan fingerprint density at radius 2 is 1.76 bits per heavy atom. The zero-order valence-electron chi connectivity index (χ0n) is 16.8. The third kappa shape index (κ3) is 4.30. The van der Waals surface area contributed by atoms with E-state index < -0.39 is 17.9 Å². The number of carbonyl (C=O) groups is 3. The van der Waals surface area contributed by atoms with Crippen LogP contribution in [0.25, 0.3) is 11.1 Å². The predicted molar refractivity (Wildman–Crippen MR) is 110 cm³/mol. The van der Waals surface area contributed by atoms with Crippen molar-refractivity contribution in [3.8, 4) is 11.1 Å². The zero-order chi connectivity index (χ0) is 21.0. The van der Waals surface area contributed by atoms with Gasteiger partial charge in [0.25, 0.3) is 11.8 Å². The van der Waals surface area contributed by atoms with Crippen LogP contribution in [0.5, 0.6) is 0 Å². The minimum atomic E-state index is -0.805. The number of nitrogens with zero attached hydrogens (tertiary/aromatic N) is 1. The van der Waals surface area contributed by atoms with Crippen LogP contribution >= 0.6 is 0 Å². The van der Waals surface area contributed by atoms with E-state index in [0.29, 0.717) is 5.69 Å². The lowest BCUT2D eigenvalue weighted by Gasteiger charge is -2.27. The van der Waals surface area contributed by atoms with Crippen molar-refractivity contribution in [1.82, 2.24) is 10.7 Å². The first-order valence-electron chi connectivity index (χ1n) is 9.55. The summed E-state index contributed by atoms with van der Waals surface area (Å²) in [5.74, 6) is -1.45. The molecular weight excluding hydrogens is 370 g/mol. The average Bonchev–Trinajstić information content (AvgIpc) is 2.82. The van der Waals surface area contributed by atoms with Crippen LogP contribution in [0.2, 0.25) is 0 Å². The molecule has 2 N–H and O–H groups in total. The van der Waals surface area contributed by atoms with Crippen molar-refractivity contribution in [2.75, 3.05) is 18.7 Å². The van der Waals surface area contributed by atoms with Crippen LogP contribution < -0.4 is 15.8 Å². The number of rotatable bonds is 6. The Hall–Kier alpha value is -3.19. The molecule has 0 aliphatic carbocycles. The summed E-state index contributed by atoms with van der Waals surface area (Å²) in [7, 11) is 1.50. The maximum Gasteiger partial charge on any atom is 0.261 e. The molecule has 1 unspecified atom stereocenters. The number of hydrogen-bond donors (Lipinski definition) is 2. The number of methoxy groups -OCH3 is 1. The summed E-state index contributed by atoms with van der Waals surface area (Å²) in [6.45, 7) is 3.67.